The Morgan fingerprint density at radius 1 is 1.30 bits per heavy atom. The van der Waals surface area contributed by atoms with Crippen molar-refractivity contribution in [3.63, 3.8) is 0 Å². The van der Waals surface area contributed by atoms with E-state index in [0.717, 1.165) is 18.5 Å². The van der Waals surface area contributed by atoms with Crippen LogP contribution in [0.1, 0.15) is 24.6 Å². The molecule has 1 fully saturated rings. The summed E-state index contributed by atoms with van der Waals surface area (Å²) in [6.45, 7) is 0.503. The molecule has 0 amide bonds. The molecule has 1 aliphatic rings. The Kier molecular flexibility index (Phi) is 4.17. The lowest BCUT2D eigenvalue weighted by molar-refractivity contribution is 0.357. The van der Waals surface area contributed by atoms with Gasteiger partial charge in [-0.25, -0.2) is 4.98 Å². The molecular formula is C14H20N6O2S. The van der Waals surface area contributed by atoms with Crippen LogP contribution >= 0.6 is 0 Å². The second-order valence-electron chi connectivity index (χ2n) is 5.73. The summed E-state index contributed by atoms with van der Waals surface area (Å²) < 4.78 is 29.4. The maximum absolute atomic E-state index is 12.5. The Labute approximate surface area is 135 Å². The van der Waals surface area contributed by atoms with Crippen molar-refractivity contribution >= 4 is 10.2 Å². The van der Waals surface area contributed by atoms with E-state index in [4.69, 9.17) is 0 Å². The minimum Gasteiger partial charge on any atom is -0.266 e. The fourth-order valence-corrected chi connectivity index (χ4v) is 4.13. The molecule has 1 aliphatic heterocycles. The van der Waals surface area contributed by atoms with Crippen LogP contribution in [0.2, 0.25) is 0 Å². The molecule has 124 valence electrons. The van der Waals surface area contributed by atoms with Crippen molar-refractivity contribution in [3.05, 3.63) is 30.4 Å². The molecule has 1 saturated heterocycles. The molecule has 3 heterocycles. The van der Waals surface area contributed by atoms with E-state index in [1.54, 1.807) is 37.4 Å². The third-order valence-electron chi connectivity index (χ3n) is 4.04. The first-order chi connectivity index (χ1) is 10.9. The smallest absolute Gasteiger partial charge is 0.266 e. The van der Waals surface area contributed by atoms with Crippen molar-refractivity contribution in [3.8, 4) is 11.4 Å². The summed E-state index contributed by atoms with van der Waals surface area (Å²) in [5.41, 5.74) is 2.21. The van der Waals surface area contributed by atoms with E-state index >= 15 is 0 Å². The van der Waals surface area contributed by atoms with Gasteiger partial charge in [0.15, 0.2) is 0 Å². The number of hydrogen-bond acceptors (Lipinski definition) is 5. The van der Waals surface area contributed by atoms with E-state index in [1.807, 2.05) is 13.1 Å². The average Bonchev–Trinajstić information content (AvgIpc) is 3.16. The van der Waals surface area contributed by atoms with Gasteiger partial charge in [-0.1, -0.05) is 0 Å². The van der Waals surface area contributed by atoms with Gasteiger partial charge in [-0.05, 0) is 18.9 Å². The van der Waals surface area contributed by atoms with Crippen LogP contribution in [-0.2, 0) is 17.3 Å². The van der Waals surface area contributed by atoms with E-state index in [0.29, 0.717) is 17.9 Å². The number of aromatic nitrogens is 4. The fourth-order valence-electron chi connectivity index (χ4n) is 2.81. The first-order valence-corrected chi connectivity index (χ1v) is 8.80. The minimum atomic E-state index is -3.47. The van der Waals surface area contributed by atoms with E-state index in [1.165, 1.54) is 8.61 Å². The van der Waals surface area contributed by atoms with Crippen LogP contribution in [0.5, 0.6) is 0 Å². The van der Waals surface area contributed by atoms with Crippen molar-refractivity contribution in [2.75, 3.05) is 20.6 Å². The van der Waals surface area contributed by atoms with Gasteiger partial charge in [-0.15, -0.1) is 0 Å². The van der Waals surface area contributed by atoms with E-state index < -0.39 is 10.2 Å². The highest BCUT2D eigenvalue weighted by atomic mass is 32.2. The molecule has 8 nitrogen and oxygen atoms in total. The summed E-state index contributed by atoms with van der Waals surface area (Å²) in [5, 5.41) is 4.13. The van der Waals surface area contributed by atoms with Gasteiger partial charge in [-0.3, -0.25) is 9.67 Å². The first kappa shape index (κ1) is 16.0. The summed E-state index contributed by atoms with van der Waals surface area (Å²) in [5.74, 6) is 0. The van der Waals surface area contributed by atoms with Gasteiger partial charge in [0.2, 0.25) is 0 Å². The Bertz CT molecular complexity index is 801. The van der Waals surface area contributed by atoms with Crippen LogP contribution in [0.3, 0.4) is 0 Å². The highest BCUT2D eigenvalue weighted by Gasteiger charge is 2.37. The van der Waals surface area contributed by atoms with Gasteiger partial charge in [-0.2, -0.15) is 22.1 Å². The van der Waals surface area contributed by atoms with Gasteiger partial charge in [0.25, 0.3) is 10.2 Å². The zero-order valence-corrected chi connectivity index (χ0v) is 14.2. The van der Waals surface area contributed by atoms with Crippen LogP contribution in [0.4, 0.5) is 0 Å². The van der Waals surface area contributed by atoms with E-state index in [2.05, 4.69) is 15.1 Å². The number of hydrogen-bond donors (Lipinski definition) is 0. The standard InChI is InChI=1S/C14H20N6O2S/c1-18(2)23(21,22)20-8-4-5-14(20)12-10-15-9-11(17-12)13-6-7-16-19(13)3/h6-7,9-10,14H,4-5,8H2,1-3H3/t14-/m1/s1. The van der Waals surface area contributed by atoms with Crippen LogP contribution in [0.15, 0.2) is 24.7 Å². The topological polar surface area (TPSA) is 84.2 Å². The third-order valence-corrected chi connectivity index (χ3v) is 5.99. The average molecular weight is 336 g/mol. The summed E-state index contributed by atoms with van der Waals surface area (Å²) in [7, 11) is 1.46. The zero-order chi connectivity index (χ0) is 16.6. The molecule has 0 saturated carbocycles. The summed E-state index contributed by atoms with van der Waals surface area (Å²) in [6, 6.07) is 1.58. The second-order valence-corrected chi connectivity index (χ2v) is 7.82. The van der Waals surface area contributed by atoms with Gasteiger partial charge < -0.3 is 0 Å². The van der Waals surface area contributed by atoms with Gasteiger partial charge in [0, 0.05) is 33.9 Å². The molecule has 0 aliphatic carbocycles. The molecule has 0 bridgehead atoms. The molecule has 3 rings (SSSR count). The first-order valence-electron chi connectivity index (χ1n) is 7.41. The van der Waals surface area contributed by atoms with Crippen molar-refractivity contribution in [1.29, 1.82) is 0 Å². The van der Waals surface area contributed by atoms with Crippen molar-refractivity contribution in [2.45, 2.75) is 18.9 Å². The molecule has 9 heteroatoms. The SMILES string of the molecule is CN(C)S(=O)(=O)N1CCC[C@@H]1c1cncc(-c2ccnn2C)n1. The molecule has 2 aromatic rings. The molecule has 23 heavy (non-hydrogen) atoms. The van der Waals surface area contributed by atoms with Crippen molar-refractivity contribution in [2.24, 2.45) is 7.05 Å². The minimum absolute atomic E-state index is 0.275. The molecule has 0 N–H and O–H groups in total. The maximum atomic E-state index is 12.5. The van der Waals surface area contributed by atoms with Crippen LogP contribution in [0.25, 0.3) is 11.4 Å². The zero-order valence-electron chi connectivity index (χ0n) is 13.4. The van der Waals surface area contributed by atoms with Gasteiger partial charge in [0.1, 0.15) is 5.69 Å². The van der Waals surface area contributed by atoms with Crippen LogP contribution < -0.4 is 0 Å². The monoisotopic (exact) mass is 336 g/mol. The summed E-state index contributed by atoms with van der Waals surface area (Å²) >= 11 is 0. The highest BCUT2D eigenvalue weighted by Crippen LogP contribution is 2.34. The summed E-state index contributed by atoms with van der Waals surface area (Å²) in [4.78, 5) is 8.88. The predicted molar refractivity (Wildman–Crippen MR) is 85.5 cm³/mol. The maximum Gasteiger partial charge on any atom is 0.282 e. The highest BCUT2D eigenvalue weighted by molar-refractivity contribution is 7.86. The Morgan fingerprint density at radius 3 is 2.74 bits per heavy atom. The quantitative estimate of drug-likeness (QED) is 0.825. The third kappa shape index (κ3) is 2.87. The normalized spacial score (nSPS) is 19.6. The molecule has 0 unspecified atom stereocenters. The van der Waals surface area contributed by atoms with Crippen LogP contribution in [0, 0.1) is 0 Å². The van der Waals surface area contributed by atoms with Gasteiger partial charge >= 0.3 is 0 Å². The van der Waals surface area contributed by atoms with Gasteiger partial charge in [0.05, 0.1) is 29.8 Å². The second kappa shape index (κ2) is 5.99. The number of nitrogens with zero attached hydrogens (tertiary/aromatic N) is 6. The van der Waals surface area contributed by atoms with Crippen molar-refractivity contribution < 1.29 is 8.42 Å². The fraction of sp³-hybridized carbons (Fsp3) is 0.500. The Hall–Kier alpha value is -1.84. The van der Waals surface area contributed by atoms with E-state index in [-0.39, 0.29) is 6.04 Å². The molecule has 0 aromatic carbocycles. The molecule has 2 aromatic heterocycles. The Morgan fingerprint density at radius 2 is 2.09 bits per heavy atom. The molecule has 1 atom stereocenters. The molecule has 0 spiro atoms. The lowest BCUT2D eigenvalue weighted by Gasteiger charge is -2.26. The lowest BCUT2D eigenvalue weighted by atomic mass is 10.1. The van der Waals surface area contributed by atoms with Crippen molar-refractivity contribution in [1.82, 2.24) is 28.4 Å². The number of rotatable bonds is 4. The lowest BCUT2D eigenvalue weighted by Crippen LogP contribution is -2.39. The molecule has 0 radical (unpaired) electrons. The summed E-state index contributed by atoms with van der Waals surface area (Å²) in [6.07, 6.45) is 6.57. The van der Waals surface area contributed by atoms with Crippen LogP contribution in [-0.4, -0.2) is 57.4 Å². The van der Waals surface area contributed by atoms with E-state index in [9.17, 15) is 8.42 Å². The Balaban J connectivity index is 1.97. The largest absolute Gasteiger partial charge is 0.282 e. The predicted octanol–water partition coefficient (Wildman–Crippen LogP) is 0.820. The number of aryl methyl sites for hydroxylation is 1. The molecular weight excluding hydrogens is 316 g/mol.